The van der Waals surface area contributed by atoms with Gasteiger partial charge in [-0.2, -0.15) is 8.42 Å². The first-order chi connectivity index (χ1) is 10.1. The molecule has 6 nitrogen and oxygen atoms in total. The van der Waals surface area contributed by atoms with Gasteiger partial charge in [0.25, 0.3) is 10.0 Å². The maximum Gasteiger partial charge on any atom is 0.280 e. The molecule has 1 aliphatic carbocycles. The second-order valence-corrected chi connectivity index (χ2v) is 6.61. The number of pyridine rings is 2. The predicted octanol–water partition coefficient (Wildman–Crippen LogP) is 1.53. The predicted molar refractivity (Wildman–Crippen MR) is 79.1 cm³/mol. The van der Waals surface area contributed by atoms with E-state index in [2.05, 4.69) is 20.0 Å². The molecule has 1 saturated carbocycles. The Hall–Kier alpha value is -1.99. The van der Waals surface area contributed by atoms with E-state index in [9.17, 15) is 8.42 Å². The molecular weight excluding hydrogens is 288 g/mol. The minimum absolute atomic E-state index is 0.0108. The Morgan fingerprint density at radius 3 is 2.62 bits per heavy atom. The number of aromatic nitrogens is 2. The normalized spacial score (nSPS) is 14.9. The van der Waals surface area contributed by atoms with Crippen LogP contribution in [0.25, 0.3) is 0 Å². The summed E-state index contributed by atoms with van der Waals surface area (Å²) >= 11 is 0. The monoisotopic (exact) mass is 304 g/mol. The number of anilines is 1. The van der Waals surface area contributed by atoms with Gasteiger partial charge in [0.05, 0.1) is 0 Å². The van der Waals surface area contributed by atoms with Crippen LogP contribution >= 0.6 is 0 Å². The highest BCUT2D eigenvalue weighted by Crippen LogP contribution is 2.19. The maximum absolute atomic E-state index is 12.2. The topological polar surface area (TPSA) is 84.0 Å². The van der Waals surface area contributed by atoms with E-state index in [0.717, 1.165) is 5.56 Å². The zero-order valence-corrected chi connectivity index (χ0v) is 12.2. The molecule has 2 heterocycles. The summed E-state index contributed by atoms with van der Waals surface area (Å²) in [6.07, 6.45) is 5.54. The van der Waals surface area contributed by atoms with Gasteiger partial charge in [-0.3, -0.25) is 4.72 Å². The highest BCUT2D eigenvalue weighted by Gasteiger charge is 2.20. The molecule has 0 saturated heterocycles. The Bertz CT molecular complexity index is 698. The van der Waals surface area contributed by atoms with Crippen molar-refractivity contribution in [1.82, 2.24) is 15.3 Å². The summed E-state index contributed by atoms with van der Waals surface area (Å²) < 4.78 is 26.7. The summed E-state index contributed by atoms with van der Waals surface area (Å²) in [5.74, 6) is 0.277. The van der Waals surface area contributed by atoms with Crippen LogP contribution in [0.5, 0.6) is 0 Å². The third kappa shape index (κ3) is 3.77. The molecule has 0 radical (unpaired) electrons. The summed E-state index contributed by atoms with van der Waals surface area (Å²) in [5.41, 5.74) is 0.971. The van der Waals surface area contributed by atoms with Crippen molar-refractivity contribution in [1.29, 1.82) is 0 Å². The Morgan fingerprint density at radius 1 is 1.14 bits per heavy atom. The van der Waals surface area contributed by atoms with Gasteiger partial charge >= 0.3 is 0 Å². The minimum atomic E-state index is -3.69. The number of nitrogens with zero attached hydrogens (tertiary/aromatic N) is 2. The molecule has 0 amide bonds. The average molecular weight is 304 g/mol. The number of hydrogen-bond acceptors (Lipinski definition) is 5. The molecule has 0 bridgehead atoms. The third-order valence-electron chi connectivity index (χ3n) is 3.15. The largest absolute Gasteiger partial charge is 0.310 e. The molecule has 3 rings (SSSR count). The molecule has 0 spiro atoms. The van der Waals surface area contributed by atoms with Gasteiger partial charge in [0, 0.05) is 25.0 Å². The summed E-state index contributed by atoms with van der Waals surface area (Å²) in [6.45, 7) is 0.714. The zero-order valence-electron chi connectivity index (χ0n) is 11.4. The first-order valence-corrected chi connectivity index (χ1v) is 8.24. The lowest BCUT2D eigenvalue weighted by atomic mass is 10.3. The molecule has 0 atom stereocenters. The van der Waals surface area contributed by atoms with Crippen LogP contribution in [-0.2, 0) is 16.6 Å². The van der Waals surface area contributed by atoms with E-state index in [-0.39, 0.29) is 10.8 Å². The SMILES string of the molecule is O=S(=O)(Nc1ccccn1)c1ccc(CNC2CC2)cn1. The van der Waals surface area contributed by atoms with Crippen LogP contribution in [0.4, 0.5) is 5.82 Å². The molecule has 2 aromatic heterocycles. The molecule has 0 aromatic carbocycles. The highest BCUT2D eigenvalue weighted by molar-refractivity contribution is 7.92. The van der Waals surface area contributed by atoms with Crippen LogP contribution in [0.15, 0.2) is 47.8 Å². The van der Waals surface area contributed by atoms with Crippen LogP contribution in [0.3, 0.4) is 0 Å². The Balaban J connectivity index is 1.69. The fourth-order valence-electron chi connectivity index (χ4n) is 1.84. The number of rotatable bonds is 6. The van der Waals surface area contributed by atoms with Crippen molar-refractivity contribution >= 4 is 15.8 Å². The zero-order chi connectivity index (χ0) is 14.7. The smallest absolute Gasteiger partial charge is 0.280 e. The van der Waals surface area contributed by atoms with Gasteiger partial charge in [0.1, 0.15) is 5.82 Å². The van der Waals surface area contributed by atoms with Crippen LogP contribution in [0.2, 0.25) is 0 Å². The minimum Gasteiger partial charge on any atom is -0.310 e. The van der Waals surface area contributed by atoms with E-state index in [1.54, 1.807) is 30.5 Å². The fraction of sp³-hybridized carbons (Fsp3) is 0.286. The highest BCUT2D eigenvalue weighted by atomic mass is 32.2. The van der Waals surface area contributed by atoms with Crippen LogP contribution < -0.4 is 10.0 Å². The molecule has 1 aliphatic rings. The average Bonchev–Trinajstić information content (AvgIpc) is 3.30. The van der Waals surface area contributed by atoms with Crippen molar-refractivity contribution in [2.24, 2.45) is 0 Å². The van der Waals surface area contributed by atoms with Gasteiger partial charge < -0.3 is 5.32 Å². The molecule has 2 N–H and O–H groups in total. The molecule has 0 aliphatic heterocycles. The fourth-order valence-corrected chi connectivity index (χ4v) is 2.78. The van der Waals surface area contributed by atoms with Gasteiger partial charge in [0.15, 0.2) is 5.03 Å². The summed E-state index contributed by atoms with van der Waals surface area (Å²) in [4.78, 5) is 7.96. The van der Waals surface area contributed by atoms with Crippen molar-refractivity contribution in [2.75, 3.05) is 4.72 Å². The van der Waals surface area contributed by atoms with Crippen molar-refractivity contribution in [3.05, 3.63) is 48.3 Å². The standard InChI is InChI=1S/C14H16N4O2S/c19-21(20,18-13-3-1-2-8-15-13)14-7-4-11(10-17-14)9-16-12-5-6-12/h1-4,7-8,10,12,16H,5-6,9H2,(H,15,18). The van der Waals surface area contributed by atoms with Gasteiger partial charge in [-0.05, 0) is 36.6 Å². The van der Waals surface area contributed by atoms with E-state index in [0.29, 0.717) is 12.6 Å². The van der Waals surface area contributed by atoms with Crippen LogP contribution in [0.1, 0.15) is 18.4 Å². The van der Waals surface area contributed by atoms with Gasteiger partial charge in [0.2, 0.25) is 0 Å². The third-order valence-corrected chi connectivity index (χ3v) is 4.42. The lowest BCUT2D eigenvalue weighted by Crippen LogP contribution is -2.17. The maximum atomic E-state index is 12.2. The Morgan fingerprint density at radius 2 is 2.00 bits per heavy atom. The van der Waals surface area contributed by atoms with Crippen molar-refractivity contribution < 1.29 is 8.42 Å². The Kier molecular flexibility index (Phi) is 3.85. The van der Waals surface area contributed by atoms with Gasteiger partial charge in [-0.25, -0.2) is 9.97 Å². The van der Waals surface area contributed by atoms with Crippen LogP contribution in [0, 0.1) is 0 Å². The number of nitrogens with one attached hydrogen (secondary N) is 2. The Labute approximate surface area is 123 Å². The van der Waals surface area contributed by atoms with Crippen molar-refractivity contribution in [3.8, 4) is 0 Å². The lowest BCUT2D eigenvalue weighted by molar-refractivity contribution is 0.597. The molecule has 7 heteroatoms. The first-order valence-electron chi connectivity index (χ1n) is 6.76. The molecule has 1 fully saturated rings. The van der Waals surface area contributed by atoms with E-state index in [4.69, 9.17) is 0 Å². The summed E-state index contributed by atoms with van der Waals surface area (Å²) in [5, 5.41) is 3.35. The quantitative estimate of drug-likeness (QED) is 0.845. The molecule has 0 unspecified atom stereocenters. The number of hydrogen-bond donors (Lipinski definition) is 2. The van der Waals surface area contributed by atoms with Crippen molar-refractivity contribution in [3.63, 3.8) is 0 Å². The second-order valence-electron chi connectivity index (χ2n) is 4.98. The van der Waals surface area contributed by atoms with Crippen molar-refractivity contribution in [2.45, 2.75) is 30.5 Å². The second kappa shape index (κ2) is 5.79. The van der Waals surface area contributed by atoms with Gasteiger partial charge in [-0.15, -0.1) is 0 Å². The molecule has 2 aromatic rings. The lowest BCUT2D eigenvalue weighted by Gasteiger charge is -2.07. The van der Waals surface area contributed by atoms with Crippen LogP contribution in [-0.4, -0.2) is 24.4 Å². The molecular formula is C14H16N4O2S. The van der Waals surface area contributed by atoms with E-state index in [1.807, 2.05) is 0 Å². The molecule has 21 heavy (non-hydrogen) atoms. The van der Waals surface area contributed by atoms with E-state index < -0.39 is 10.0 Å². The molecule has 110 valence electrons. The van der Waals surface area contributed by atoms with Gasteiger partial charge in [-0.1, -0.05) is 12.1 Å². The summed E-state index contributed by atoms with van der Waals surface area (Å²) in [7, 11) is -3.69. The summed E-state index contributed by atoms with van der Waals surface area (Å²) in [6, 6.07) is 8.91. The number of sulfonamides is 1. The van der Waals surface area contributed by atoms with E-state index in [1.165, 1.54) is 25.1 Å². The van der Waals surface area contributed by atoms with E-state index >= 15 is 0 Å². The first kappa shape index (κ1) is 14.0.